The lowest BCUT2D eigenvalue weighted by molar-refractivity contribution is 0.0946. The average Bonchev–Trinajstić information content (AvgIpc) is 2.70. The van der Waals surface area contributed by atoms with Gasteiger partial charge in [0.05, 0.1) is 20.8 Å². The van der Waals surface area contributed by atoms with Crippen LogP contribution in [-0.4, -0.2) is 43.5 Å². The minimum absolute atomic E-state index is 0.232. The molecule has 0 aliphatic heterocycles. The van der Waals surface area contributed by atoms with E-state index in [0.717, 1.165) is 0 Å². The Hall–Kier alpha value is -2.84. The molecule has 0 aromatic heterocycles. The molecule has 7 nitrogen and oxygen atoms in total. The summed E-state index contributed by atoms with van der Waals surface area (Å²) >= 11 is 4.91. The molecule has 0 saturated heterocycles. The van der Waals surface area contributed by atoms with Crippen molar-refractivity contribution in [3.8, 4) is 17.2 Å². The van der Waals surface area contributed by atoms with Gasteiger partial charge in [0.2, 0.25) is 0 Å². The minimum atomic E-state index is -0.232. The highest BCUT2D eigenvalue weighted by Crippen LogP contribution is 2.27. The quantitative estimate of drug-likeness (QED) is 0.370. The zero-order valence-electron chi connectivity index (χ0n) is 14.4. The van der Waals surface area contributed by atoms with Crippen LogP contribution >= 0.6 is 12.2 Å². The first-order valence-electron chi connectivity index (χ1n) is 7.76. The monoisotopic (exact) mass is 376 g/mol. The Morgan fingerprint density at radius 1 is 1.04 bits per heavy atom. The van der Waals surface area contributed by atoms with Crippen LogP contribution in [0.15, 0.2) is 42.5 Å². The van der Waals surface area contributed by atoms with Crippen LogP contribution in [0.1, 0.15) is 15.9 Å². The molecule has 3 N–H and O–H groups in total. The number of thiocarbonyl (C=S) groups is 1. The van der Waals surface area contributed by atoms with Crippen molar-refractivity contribution in [2.75, 3.05) is 27.4 Å². The lowest BCUT2D eigenvalue weighted by Crippen LogP contribution is -2.28. The van der Waals surface area contributed by atoms with Crippen molar-refractivity contribution in [3.05, 3.63) is 53.6 Å². The van der Waals surface area contributed by atoms with Crippen LogP contribution < -0.4 is 25.0 Å². The standard InChI is InChI=1S/C18H20N2O5S/c1-23-15-8-5-13(11-16(15)24-2)17(21)19-9-10-25-14-6-3-12(4-7-14)18(26)20-22/h3-8,11,22H,9-10H2,1-2H3,(H,19,21)(H,20,26). The summed E-state index contributed by atoms with van der Waals surface area (Å²) in [6.07, 6.45) is 0. The molecule has 2 aromatic rings. The predicted octanol–water partition coefficient (Wildman–Crippen LogP) is 2.17. The van der Waals surface area contributed by atoms with E-state index in [1.807, 2.05) is 5.48 Å². The maximum absolute atomic E-state index is 12.2. The second-order valence-corrected chi connectivity index (χ2v) is 5.55. The molecule has 8 heteroatoms. The fourth-order valence-corrected chi connectivity index (χ4v) is 2.32. The van der Waals surface area contributed by atoms with E-state index in [9.17, 15) is 4.79 Å². The van der Waals surface area contributed by atoms with Gasteiger partial charge < -0.3 is 19.5 Å². The summed E-state index contributed by atoms with van der Waals surface area (Å²) in [5.41, 5.74) is 3.07. The Bertz CT molecular complexity index is 765. The van der Waals surface area contributed by atoms with Gasteiger partial charge in [-0.15, -0.1) is 0 Å². The number of carbonyl (C=O) groups excluding carboxylic acids is 1. The molecule has 0 saturated carbocycles. The Balaban J connectivity index is 1.82. The number of hydroxylamine groups is 1. The summed E-state index contributed by atoms with van der Waals surface area (Å²) in [7, 11) is 3.05. The average molecular weight is 376 g/mol. The highest BCUT2D eigenvalue weighted by Gasteiger charge is 2.10. The predicted molar refractivity (Wildman–Crippen MR) is 100 cm³/mol. The zero-order chi connectivity index (χ0) is 18.9. The van der Waals surface area contributed by atoms with E-state index in [1.54, 1.807) is 42.5 Å². The SMILES string of the molecule is COc1ccc(C(=O)NCCOc2ccc(C(=S)NO)cc2)cc1OC. The number of ether oxygens (including phenoxy) is 3. The molecule has 0 aliphatic rings. The van der Waals surface area contributed by atoms with E-state index in [1.165, 1.54) is 14.2 Å². The smallest absolute Gasteiger partial charge is 0.251 e. The molecule has 2 aromatic carbocycles. The highest BCUT2D eigenvalue weighted by molar-refractivity contribution is 7.80. The van der Waals surface area contributed by atoms with Gasteiger partial charge in [0, 0.05) is 11.1 Å². The van der Waals surface area contributed by atoms with Gasteiger partial charge in [-0.2, -0.15) is 0 Å². The molecule has 0 atom stereocenters. The molecule has 138 valence electrons. The number of rotatable bonds is 8. The van der Waals surface area contributed by atoms with Crippen LogP contribution in [0.3, 0.4) is 0 Å². The minimum Gasteiger partial charge on any atom is -0.493 e. The first-order valence-corrected chi connectivity index (χ1v) is 8.17. The third-order valence-corrected chi connectivity index (χ3v) is 3.85. The van der Waals surface area contributed by atoms with E-state index in [2.05, 4.69) is 5.32 Å². The second-order valence-electron chi connectivity index (χ2n) is 5.14. The fraction of sp³-hybridized carbons (Fsp3) is 0.222. The molecule has 0 bridgehead atoms. The van der Waals surface area contributed by atoms with Gasteiger partial charge in [-0.05, 0) is 42.5 Å². The molecule has 2 rings (SSSR count). The Labute approximate surface area is 156 Å². The second kappa shape index (κ2) is 9.59. The van der Waals surface area contributed by atoms with Crippen molar-refractivity contribution in [1.82, 2.24) is 10.8 Å². The molecule has 0 aliphatic carbocycles. The summed E-state index contributed by atoms with van der Waals surface area (Å²) in [5.74, 6) is 1.46. The van der Waals surface area contributed by atoms with Gasteiger partial charge in [-0.1, -0.05) is 12.2 Å². The molecule has 0 radical (unpaired) electrons. The molecule has 0 unspecified atom stereocenters. The zero-order valence-corrected chi connectivity index (χ0v) is 15.3. The lowest BCUT2D eigenvalue weighted by Gasteiger charge is -2.11. The van der Waals surface area contributed by atoms with Gasteiger partial charge in [-0.25, -0.2) is 0 Å². The number of amides is 1. The van der Waals surface area contributed by atoms with Gasteiger partial charge in [-0.3, -0.25) is 15.5 Å². The van der Waals surface area contributed by atoms with E-state index in [-0.39, 0.29) is 10.9 Å². The molecule has 1 amide bonds. The lowest BCUT2D eigenvalue weighted by atomic mass is 10.2. The topological polar surface area (TPSA) is 89.1 Å². The number of benzene rings is 2. The number of carbonyl (C=O) groups is 1. The van der Waals surface area contributed by atoms with Gasteiger partial charge in [0.1, 0.15) is 17.3 Å². The van der Waals surface area contributed by atoms with E-state index in [4.69, 9.17) is 31.6 Å². The van der Waals surface area contributed by atoms with Crippen LogP contribution in [0.25, 0.3) is 0 Å². The summed E-state index contributed by atoms with van der Waals surface area (Å²) in [6, 6.07) is 11.9. The van der Waals surface area contributed by atoms with Crippen LogP contribution in [0, 0.1) is 0 Å². The molecular weight excluding hydrogens is 356 g/mol. The molecule has 0 spiro atoms. The van der Waals surface area contributed by atoms with Crippen molar-refractivity contribution in [2.45, 2.75) is 0 Å². The molecule has 26 heavy (non-hydrogen) atoms. The maximum atomic E-state index is 12.2. The normalized spacial score (nSPS) is 9.96. The first-order chi connectivity index (χ1) is 12.6. The third kappa shape index (κ3) is 5.08. The number of nitrogens with one attached hydrogen (secondary N) is 2. The Kier molecular flexibility index (Phi) is 7.19. The van der Waals surface area contributed by atoms with Gasteiger partial charge in [0.15, 0.2) is 11.5 Å². The first kappa shape index (κ1) is 19.5. The summed E-state index contributed by atoms with van der Waals surface area (Å²) < 4.78 is 15.9. The van der Waals surface area contributed by atoms with Crippen LogP contribution in [0.4, 0.5) is 0 Å². The number of hydrogen-bond acceptors (Lipinski definition) is 6. The van der Waals surface area contributed by atoms with Gasteiger partial charge in [0.25, 0.3) is 5.91 Å². The Morgan fingerprint density at radius 2 is 1.69 bits per heavy atom. The van der Waals surface area contributed by atoms with Crippen molar-refractivity contribution in [1.29, 1.82) is 0 Å². The largest absolute Gasteiger partial charge is 0.493 e. The highest BCUT2D eigenvalue weighted by atomic mass is 32.1. The summed E-state index contributed by atoms with van der Waals surface area (Å²) in [5, 5.41) is 11.5. The van der Waals surface area contributed by atoms with E-state index < -0.39 is 0 Å². The summed E-state index contributed by atoms with van der Waals surface area (Å²) in [4.78, 5) is 12.4. The molecular formula is C18H20N2O5S. The maximum Gasteiger partial charge on any atom is 0.251 e. The van der Waals surface area contributed by atoms with Crippen LogP contribution in [0.5, 0.6) is 17.2 Å². The molecule has 0 fully saturated rings. The van der Waals surface area contributed by atoms with Crippen LogP contribution in [0.2, 0.25) is 0 Å². The van der Waals surface area contributed by atoms with Crippen molar-refractivity contribution in [2.24, 2.45) is 0 Å². The third-order valence-electron chi connectivity index (χ3n) is 3.52. The van der Waals surface area contributed by atoms with Crippen molar-refractivity contribution >= 4 is 23.1 Å². The number of methoxy groups -OCH3 is 2. The van der Waals surface area contributed by atoms with E-state index >= 15 is 0 Å². The Morgan fingerprint density at radius 3 is 2.31 bits per heavy atom. The molecule has 0 heterocycles. The van der Waals surface area contributed by atoms with Crippen molar-refractivity contribution in [3.63, 3.8) is 0 Å². The van der Waals surface area contributed by atoms with Gasteiger partial charge >= 0.3 is 0 Å². The summed E-state index contributed by atoms with van der Waals surface area (Å²) in [6.45, 7) is 0.645. The van der Waals surface area contributed by atoms with Crippen LogP contribution in [-0.2, 0) is 0 Å². The van der Waals surface area contributed by atoms with Crippen molar-refractivity contribution < 1.29 is 24.2 Å². The number of hydrogen-bond donors (Lipinski definition) is 3. The fourth-order valence-electron chi connectivity index (χ4n) is 2.18. The van der Waals surface area contributed by atoms with E-state index in [0.29, 0.717) is 41.5 Å².